The van der Waals surface area contributed by atoms with E-state index in [0.717, 1.165) is 83.5 Å². The van der Waals surface area contributed by atoms with E-state index in [1.807, 2.05) is 0 Å². The molecule has 0 fully saturated rings. The lowest BCUT2D eigenvalue weighted by Gasteiger charge is -2.14. The van der Waals surface area contributed by atoms with Crippen molar-refractivity contribution in [3.8, 4) is 0 Å². The Hall–Kier alpha value is -5.27. The molecule has 92 heavy (non-hydrogen) atoms. The highest BCUT2D eigenvalue weighted by atomic mass is 16.5. The standard InChI is InChI=1S/C37H66N2O12.C31H55NO9/c1-31(40)29-50-27-26-49-24-22-38-35(43)30-51-28-25-48-23-16-17-32(41)20-21-33(37(46)47)39-34(42)18-14-12-10-8-6-4-2-3-5-7-9-11-13-15-19-36(44)45;1-26(33)25-41-24-23-40-22-16-17-27(34)20-21-28(31(38)39)32-29(35)18-14-12-10-8-6-4-2-3-5-7-9-11-13-15-19-30(36)37/h33H,2-30H2,1H3,(H,38,43)(H,39,42)(H,44,45)(H,46,47);28H,2-25H2,1H3,(H,32,35)(H,36,37)(H,38,39)/t33-;28-/m00/s1. The molecule has 0 aromatic heterocycles. The molecule has 0 spiro atoms. The van der Waals surface area contributed by atoms with Crippen molar-refractivity contribution >= 4 is 64.7 Å². The minimum atomic E-state index is -1.15. The second-order valence-electron chi connectivity index (χ2n) is 23.7. The van der Waals surface area contributed by atoms with Gasteiger partial charge in [-0.05, 0) is 65.2 Å². The van der Waals surface area contributed by atoms with E-state index in [4.69, 9.17) is 38.6 Å². The molecule has 0 bridgehead atoms. The zero-order chi connectivity index (χ0) is 68.3. The van der Waals surface area contributed by atoms with Crippen molar-refractivity contribution in [1.82, 2.24) is 16.0 Å². The highest BCUT2D eigenvalue weighted by molar-refractivity contribution is 5.86. The zero-order valence-electron chi connectivity index (χ0n) is 56.4. The Morgan fingerprint density at radius 3 is 0.848 bits per heavy atom. The first-order chi connectivity index (χ1) is 44.3. The number of ketones is 4. The zero-order valence-corrected chi connectivity index (χ0v) is 56.4. The molecule has 3 amide bonds. The van der Waals surface area contributed by atoms with E-state index in [9.17, 15) is 63.0 Å². The molecule has 0 heterocycles. The number of unbranched alkanes of at least 4 members (excludes halogenated alkanes) is 26. The number of nitrogens with one attached hydrogen (secondary N) is 3. The molecule has 0 aromatic carbocycles. The normalized spacial score (nSPS) is 11.7. The Morgan fingerprint density at radius 1 is 0.283 bits per heavy atom. The summed E-state index contributed by atoms with van der Waals surface area (Å²) in [6, 6.07) is -2.15. The monoisotopic (exact) mass is 1320 g/mol. The van der Waals surface area contributed by atoms with Crippen LogP contribution >= 0.6 is 0 Å². The summed E-state index contributed by atoms with van der Waals surface area (Å²) in [4.78, 5) is 126. The number of ether oxygens (including phenoxy) is 6. The number of carbonyl (C=O) groups excluding carboxylic acids is 7. The summed E-state index contributed by atoms with van der Waals surface area (Å²) in [7, 11) is 0. The van der Waals surface area contributed by atoms with E-state index in [2.05, 4.69) is 16.0 Å². The number of hydrogen-bond acceptors (Lipinski definition) is 17. The molecule has 0 radical (unpaired) electrons. The van der Waals surface area contributed by atoms with Crippen LogP contribution in [0.4, 0.5) is 0 Å². The average Bonchev–Trinajstić information content (AvgIpc) is 2.89. The maximum absolute atomic E-state index is 12.3. The van der Waals surface area contributed by atoms with Gasteiger partial charge in [-0.25, -0.2) is 9.59 Å². The number of carboxylic acid groups (broad SMARTS) is 4. The molecule has 0 saturated carbocycles. The van der Waals surface area contributed by atoms with Gasteiger partial charge >= 0.3 is 23.9 Å². The fourth-order valence-corrected chi connectivity index (χ4v) is 9.59. The van der Waals surface area contributed by atoms with Crippen LogP contribution in [0, 0.1) is 0 Å². The lowest BCUT2D eigenvalue weighted by molar-refractivity contribution is -0.142. The van der Waals surface area contributed by atoms with Gasteiger partial charge in [-0.1, -0.05) is 154 Å². The molecule has 0 unspecified atom stereocenters. The highest BCUT2D eigenvalue weighted by Crippen LogP contribution is 2.16. The quantitative estimate of drug-likeness (QED) is 0.0278. The predicted octanol–water partition coefficient (Wildman–Crippen LogP) is 10.4. The molecule has 0 saturated heterocycles. The van der Waals surface area contributed by atoms with Crippen LogP contribution in [0.25, 0.3) is 0 Å². The summed E-state index contributed by atoms with van der Waals surface area (Å²) in [5, 5.41) is 43.9. The van der Waals surface area contributed by atoms with Gasteiger partial charge in [0, 0.05) is 71.1 Å². The van der Waals surface area contributed by atoms with Crippen molar-refractivity contribution in [2.45, 2.75) is 283 Å². The van der Waals surface area contributed by atoms with Crippen LogP contribution in [0.15, 0.2) is 0 Å². The van der Waals surface area contributed by atoms with Crippen molar-refractivity contribution in [3.05, 3.63) is 0 Å². The third kappa shape index (κ3) is 70.6. The summed E-state index contributed by atoms with van der Waals surface area (Å²) in [6.45, 7) is 6.02. The fraction of sp³-hybridized carbons (Fsp3) is 0.838. The van der Waals surface area contributed by atoms with E-state index >= 15 is 0 Å². The van der Waals surface area contributed by atoms with Gasteiger partial charge < -0.3 is 64.8 Å². The number of carboxylic acids is 4. The van der Waals surface area contributed by atoms with Crippen molar-refractivity contribution in [3.63, 3.8) is 0 Å². The number of rotatable bonds is 70. The summed E-state index contributed by atoms with van der Waals surface area (Å²) in [5.74, 6) is -4.82. The summed E-state index contributed by atoms with van der Waals surface area (Å²) in [6.07, 6.45) is 33.5. The van der Waals surface area contributed by atoms with E-state index in [1.165, 1.54) is 104 Å². The molecule has 0 aliphatic rings. The van der Waals surface area contributed by atoms with Gasteiger partial charge in [0.05, 0.1) is 46.2 Å². The molecule has 0 aromatic rings. The maximum Gasteiger partial charge on any atom is 0.326 e. The van der Waals surface area contributed by atoms with Crippen molar-refractivity contribution in [2.75, 3.05) is 85.8 Å². The molecule has 24 nitrogen and oxygen atoms in total. The first-order valence-electron chi connectivity index (χ1n) is 34.6. The van der Waals surface area contributed by atoms with Crippen LogP contribution in [-0.2, 0) is 81.2 Å². The van der Waals surface area contributed by atoms with Crippen LogP contribution in [0.5, 0.6) is 0 Å². The first kappa shape index (κ1) is 88.8. The van der Waals surface area contributed by atoms with Gasteiger partial charge in [-0.2, -0.15) is 0 Å². The second-order valence-corrected chi connectivity index (χ2v) is 23.7. The van der Waals surface area contributed by atoms with Crippen molar-refractivity contribution in [2.24, 2.45) is 0 Å². The minimum Gasteiger partial charge on any atom is -0.481 e. The number of hydrogen-bond donors (Lipinski definition) is 7. The molecule has 0 aliphatic carbocycles. The maximum atomic E-state index is 12.3. The molecular weight excluding hydrogens is 1190 g/mol. The molecule has 0 aliphatic heterocycles. The molecule has 7 N–H and O–H groups in total. The summed E-state index contributed by atoms with van der Waals surface area (Å²) < 4.78 is 31.4. The van der Waals surface area contributed by atoms with Crippen LogP contribution in [0.1, 0.15) is 271 Å². The van der Waals surface area contributed by atoms with E-state index in [1.54, 1.807) is 0 Å². The number of carbonyl (C=O) groups is 11. The van der Waals surface area contributed by atoms with Gasteiger partial charge in [-0.3, -0.25) is 43.2 Å². The van der Waals surface area contributed by atoms with Gasteiger partial charge in [0.15, 0.2) is 11.6 Å². The van der Waals surface area contributed by atoms with Crippen LogP contribution < -0.4 is 16.0 Å². The molecule has 24 heteroatoms. The molecule has 534 valence electrons. The lowest BCUT2D eigenvalue weighted by atomic mass is 10.0. The Labute approximate surface area is 548 Å². The third-order valence-corrected chi connectivity index (χ3v) is 14.8. The van der Waals surface area contributed by atoms with Crippen molar-refractivity contribution in [1.29, 1.82) is 0 Å². The Kier molecular flexibility index (Phi) is 64.8. The Morgan fingerprint density at radius 2 is 0.554 bits per heavy atom. The molecule has 2 atom stereocenters. The number of aliphatic carboxylic acids is 4. The minimum absolute atomic E-state index is 0.0468. The lowest BCUT2D eigenvalue weighted by Crippen LogP contribution is -2.41. The molecular formula is C68H121N3O21. The average molecular weight is 1320 g/mol. The Balaban J connectivity index is 0. The van der Waals surface area contributed by atoms with Crippen LogP contribution in [0.3, 0.4) is 0 Å². The van der Waals surface area contributed by atoms with E-state index < -0.39 is 36.0 Å². The fourth-order valence-electron chi connectivity index (χ4n) is 9.59. The van der Waals surface area contributed by atoms with Gasteiger partial charge in [-0.15, -0.1) is 0 Å². The SMILES string of the molecule is CC(=O)COCCOCCCC(=O)CC[C@H](NC(=O)CCCCCCCCCCCCCCCCC(=O)O)C(=O)O.CC(=O)COCCOCCNC(=O)COCCOCCCC(=O)CC[C@H](NC(=O)CCCCCCCCCCCCCCCCC(=O)O)C(=O)O. The Bertz CT molecular complexity index is 1940. The highest BCUT2D eigenvalue weighted by Gasteiger charge is 2.22. The summed E-state index contributed by atoms with van der Waals surface area (Å²) >= 11 is 0. The van der Waals surface area contributed by atoms with Crippen molar-refractivity contribution < 1.29 is 102 Å². The predicted molar refractivity (Wildman–Crippen MR) is 348 cm³/mol. The largest absolute Gasteiger partial charge is 0.481 e. The third-order valence-electron chi connectivity index (χ3n) is 14.8. The molecule has 0 rings (SSSR count). The number of amides is 3. The van der Waals surface area contributed by atoms with Crippen LogP contribution in [0.2, 0.25) is 0 Å². The van der Waals surface area contributed by atoms with Crippen LogP contribution in [-0.4, -0.2) is 183 Å². The van der Waals surface area contributed by atoms with E-state index in [-0.39, 0.29) is 132 Å². The van der Waals surface area contributed by atoms with Gasteiger partial charge in [0.2, 0.25) is 17.7 Å². The van der Waals surface area contributed by atoms with Gasteiger partial charge in [0.1, 0.15) is 43.5 Å². The topological polar surface area (TPSA) is 360 Å². The summed E-state index contributed by atoms with van der Waals surface area (Å²) in [5.41, 5.74) is 0. The van der Waals surface area contributed by atoms with Gasteiger partial charge in [0.25, 0.3) is 0 Å². The number of Topliss-reactive ketones (excluding diaryl/α,β-unsaturated/α-hetero) is 4. The van der Waals surface area contributed by atoms with E-state index in [0.29, 0.717) is 78.5 Å². The smallest absolute Gasteiger partial charge is 0.326 e. The second kappa shape index (κ2) is 67.2. The first-order valence-corrected chi connectivity index (χ1v) is 34.6.